The maximum Gasteiger partial charge on any atom is 0.417 e. The van der Waals surface area contributed by atoms with E-state index in [0.717, 1.165) is 37.2 Å². The Hall–Kier alpha value is -5.52. The molecule has 0 unspecified atom stereocenters. The molecule has 8 rings (SSSR count). The van der Waals surface area contributed by atoms with Crippen molar-refractivity contribution < 1.29 is 46.0 Å². The largest absolute Gasteiger partial charge is 0.489 e. The van der Waals surface area contributed by atoms with Gasteiger partial charge in [-0.15, -0.1) is 0 Å². The van der Waals surface area contributed by atoms with E-state index in [1.165, 1.54) is 0 Å². The summed E-state index contributed by atoms with van der Waals surface area (Å²) in [6.45, 7) is 1.54. The average molecular weight is 730 g/mol. The quantitative estimate of drug-likeness (QED) is 0.159. The van der Waals surface area contributed by atoms with Gasteiger partial charge in [-0.25, -0.2) is 4.79 Å². The first kappa shape index (κ1) is 34.6. The third kappa shape index (κ3) is 7.14. The Balaban J connectivity index is 1.21. The number of alkyl halides is 3. The summed E-state index contributed by atoms with van der Waals surface area (Å²) in [5.41, 5.74) is -0.243. The number of aryl methyl sites for hydroxylation is 2. The zero-order valence-electron chi connectivity index (χ0n) is 28.9. The number of para-hydroxylation sites is 6. The minimum absolute atomic E-state index is 0.00144. The van der Waals surface area contributed by atoms with E-state index in [9.17, 15) is 4.79 Å². The van der Waals surface area contributed by atoms with E-state index in [0.29, 0.717) is 41.4 Å². The summed E-state index contributed by atoms with van der Waals surface area (Å²) in [5, 5.41) is -0.117. The predicted octanol–water partition coefficient (Wildman–Crippen LogP) is 7.98. The maximum absolute atomic E-state index is 15.4. The fourth-order valence-electron chi connectivity index (χ4n) is 7.47. The molecule has 0 radical (unpaired) electrons. The van der Waals surface area contributed by atoms with Crippen LogP contribution >= 0.6 is 0 Å². The van der Waals surface area contributed by atoms with Crippen LogP contribution in [0.15, 0.2) is 88.1 Å². The Morgan fingerprint density at radius 1 is 0.623 bits per heavy atom. The van der Waals surface area contributed by atoms with Gasteiger partial charge in [-0.3, -0.25) is 0 Å². The second-order valence-electron chi connectivity index (χ2n) is 13.2. The molecule has 0 saturated heterocycles. The molecule has 0 aliphatic carbocycles. The van der Waals surface area contributed by atoms with Crippen molar-refractivity contribution >= 4 is 16.7 Å². The highest BCUT2D eigenvalue weighted by atomic mass is 19.4. The lowest BCUT2D eigenvalue weighted by Gasteiger charge is -2.37. The lowest BCUT2D eigenvalue weighted by Crippen LogP contribution is -2.35. The van der Waals surface area contributed by atoms with Crippen LogP contribution in [0.3, 0.4) is 0 Å². The highest BCUT2D eigenvalue weighted by molar-refractivity contribution is 5.91. The monoisotopic (exact) mass is 729 g/mol. The van der Waals surface area contributed by atoms with Crippen molar-refractivity contribution in [1.82, 2.24) is 0 Å². The molecule has 3 aliphatic rings. The van der Waals surface area contributed by atoms with E-state index < -0.39 is 28.8 Å². The second-order valence-corrected chi connectivity index (χ2v) is 13.2. The minimum atomic E-state index is -4.89. The molecular weight excluding hydrogens is 691 g/mol. The molecule has 12 heteroatoms. The van der Waals surface area contributed by atoms with Crippen molar-refractivity contribution in [2.45, 2.75) is 37.8 Å². The first-order chi connectivity index (χ1) is 25.8. The summed E-state index contributed by atoms with van der Waals surface area (Å²) >= 11 is 0. The van der Waals surface area contributed by atoms with Gasteiger partial charge in [0.15, 0.2) is 34.5 Å². The van der Waals surface area contributed by atoms with Gasteiger partial charge in [0.05, 0.1) is 30.3 Å². The molecule has 1 aromatic heterocycles. The van der Waals surface area contributed by atoms with Gasteiger partial charge in [0, 0.05) is 29.7 Å². The van der Waals surface area contributed by atoms with E-state index >= 15 is 13.2 Å². The molecule has 9 nitrogen and oxygen atoms in total. The van der Waals surface area contributed by atoms with Crippen molar-refractivity contribution in [3.05, 3.63) is 112 Å². The number of anilines is 1. The summed E-state index contributed by atoms with van der Waals surface area (Å²) in [6, 6.07) is 22.5. The Morgan fingerprint density at radius 3 is 1.55 bits per heavy atom. The molecule has 4 heterocycles. The SMILES string of the molecule is O=c1oc2c3c4c(cc2c(C(F)(F)F)c1C1COc2ccccc2OCCOc2ccccc2OCCOc2ccccc2OC1)CCCN4CCC3. The first-order valence-corrected chi connectivity index (χ1v) is 17.9. The molecule has 53 heavy (non-hydrogen) atoms. The van der Waals surface area contributed by atoms with Crippen LogP contribution in [0.1, 0.15) is 41.0 Å². The van der Waals surface area contributed by atoms with E-state index in [4.69, 9.17) is 32.8 Å². The molecule has 0 N–H and O–H groups in total. The molecule has 0 bridgehead atoms. The normalized spacial score (nSPS) is 16.9. The zero-order valence-corrected chi connectivity index (χ0v) is 28.9. The summed E-state index contributed by atoms with van der Waals surface area (Å²) in [7, 11) is 0. The number of nitrogens with zero attached hydrogens (tertiary/aromatic N) is 1. The lowest BCUT2D eigenvalue weighted by molar-refractivity contribution is -0.137. The van der Waals surface area contributed by atoms with E-state index in [-0.39, 0.29) is 62.1 Å². The summed E-state index contributed by atoms with van der Waals surface area (Å²) < 4.78 is 88.6. The van der Waals surface area contributed by atoms with Crippen LogP contribution in [0, 0.1) is 0 Å². The molecule has 0 amide bonds. The van der Waals surface area contributed by atoms with Crippen molar-refractivity contribution in [2.75, 3.05) is 57.6 Å². The van der Waals surface area contributed by atoms with Crippen LogP contribution in [-0.4, -0.2) is 52.7 Å². The van der Waals surface area contributed by atoms with Crippen molar-refractivity contribution in [3.63, 3.8) is 0 Å². The van der Waals surface area contributed by atoms with E-state index in [1.807, 2.05) is 12.1 Å². The minimum Gasteiger partial charge on any atom is -0.489 e. The number of ether oxygens (including phenoxy) is 6. The fraction of sp³-hybridized carbons (Fsp3) is 0.341. The fourth-order valence-corrected chi connectivity index (χ4v) is 7.47. The molecule has 4 aromatic carbocycles. The Kier molecular flexibility index (Phi) is 9.68. The highest BCUT2D eigenvalue weighted by Gasteiger charge is 2.42. The number of fused-ring (bicyclic) bond motifs is 5. The smallest absolute Gasteiger partial charge is 0.417 e. The van der Waals surface area contributed by atoms with E-state index in [1.54, 1.807) is 66.7 Å². The van der Waals surface area contributed by atoms with Gasteiger partial charge >= 0.3 is 11.8 Å². The number of benzene rings is 4. The molecule has 0 spiro atoms. The second kappa shape index (κ2) is 14.8. The summed E-state index contributed by atoms with van der Waals surface area (Å²) in [4.78, 5) is 16.2. The highest BCUT2D eigenvalue weighted by Crippen LogP contribution is 2.45. The lowest BCUT2D eigenvalue weighted by atomic mass is 9.87. The molecule has 5 aromatic rings. The van der Waals surface area contributed by atoms with Crippen LogP contribution in [-0.2, 0) is 19.0 Å². The van der Waals surface area contributed by atoms with Crippen LogP contribution in [0.2, 0.25) is 0 Å². The molecule has 0 saturated carbocycles. The number of rotatable bonds is 1. The third-order valence-corrected chi connectivity index (χ3v) is 9.74. The Bertz CT molecular complexity index is 2090. The van der Waals surface area contributed by atoms with Crippen molar-refractivity contribution in [1.29, 1.82) is 0 Å². The zero-order chi connectivity index (χ0) is 36.4. The molecular formula is C41H38F3NO8. The van der Waals surface area contributed by atoms with Gasteiger partial charge in [-0.05, 0) is 73.7 Å². The van der Waals surface area contributed by atoms with Crippen LogP contribution < -0.4 is 38.9 Å². The van der Waals surface area contributed by atoms with Gasteiger partial charge in [0.1, 0.15) is 32.0 Å². The van der Waals surface area contributed by atoms with Crippen molar-refractivity contribution in [3.8, 4) is 34.5 Å². The van der Waals surface area contributed by atoms with Crippen LogP contribution in [0.4, 0.5) is 18.9 Å². The maximum atomic E-state index is 15.4. The number of hydrogen-bond acceptors (Lipinski definition) is 9. The standard InChI is InChI=1S/C41H38F3NO8/c42-41(43,44)37-29-23-26-9-7-17-45-18-8-10-28(38(26)45)39(29)53-40(46)36(37)27-24-51-34-15-5-3-13-32(34)49-21-19-47-30-11-1-2-12-31(30)48-20-22-50-33-14-4-6-16-35(33)52-25-27/h1-6,11-16,23,27H,7-10,17-22,24-25H2. The molecule has 0 atom stereocenters. The number of halogens is 3. The third-order valence-electron chi connectivity index (χ3n) is 9.74. The van der Waals surface area contributed by atoms with Crippen LogP contribution in [0.25, 0.3) is 11.0 Å². The van der Waals surface area contributed by atoms with Crippen LogP contribution in [0.5, 0.6) is 34.5 Å². The number of hydrogen-bond donors (Lipinski definition) is 0. The first-order valence-electron chi connectivity index (χ1n) is 17.9. The van der Waals surface area contributed by atoms with E-state index in [2.05, 4.69) is 4.90 Å². The Morgan fingerprint density at radius 2 is 1.08 bits per heavy atom. The molecule has 0 fully saturated rings. The Labute approximate surface area is 303 Å². The van der Waals surface area contributed by atoms with Gasteiger partial charge in [0.2, 0.25) is 0 Å². The molecule has 276 valence electrons. The topological polar surface area (TPSA) is 88.8 Å². The average Bonchev–Trinajstić information content (AvgIpc) is 3.16. The van der Waals surface area contributed by atoms with Gasteiger partial charge in [-0.1, -0.05) is 36.4 Å². The van der Waals surface area contributed by atoms with Crippen molar-refractivity contribution in [2.24, 2.45) is 0 Å². The van der Waals surface area contributed by atoms with Gasteiger partial charge in [-0.2, -0.15) is 13.2 Å². The van der Waals surface area contributed by atoms with Gasteiger partial charge in [0.25, 0.3) is 0 Å². The summed E-state index contributed by atoms with van der Waals surface area (Å²) in [5.74, 6) is 1.10. The summed E-state index contributed by atoms with van der Waals surface area (Å²) in [6.07, 6.45) is -2.12. The van der Waals surface area contributed by atoms with Gasteiger partial charge < -0.3 is 37.7 Å². The molecule has 3 aliphatic heterocycles. The predicted molar refractivity (Wildman–Crippen MR) is 191 cm³/mol.